The lowest BCUT2D eigenvalue weighted by Gasteiger charge is -2.31. The van der Waals surface area contributed by atoms with E-state index in [4.69, 9.17) is 9.84 Å². The van der Waals surface area contributed by atoms with Gasteiger partial charge in [-0.05, 0) is 44.7 Å². The fourth-order valence-corrected chi connectivity index (χ4v) is 1.67. The molecular weight excluding hydrogens is 166 g/mol. The lowest BCUT2D eigenvalue weighted by Crippen LogP contribution is -2.36. The number of methoxy groups -OCH3 is 1. The smallest absolute Gasteiger partial charge is 0.0546 e. The monoisotopic (exact) mass is 187 g/mol. The molecule has 0 aliphatic heterocycles. The molecule has 0 atom stereocenters. The van der Waals surface area contributed by atoms with E-state index < -0.39 is 0 Å². The van der Waals surface area contributed by atoms with E-state index >= 15 is 0 Å². The van der Waals surface area contributed by atoms with Crippen LogP contribution in [0, 0.1) is 5.92 Å². The topological polar surface area (TPSA) is 41.5 Å². The summed E-state index contributed by atoms with van der Waals surface area (Å²) in [7, 11) is 1.74. The zero-order valence-electron chi connectivity index (χ0n) is 8.46. The van der Waals surface area contributed by atoms with Gasteiger partial charge in [-0.3, -0.25) is 0 Å². The van der Waals surface area contributed by atoms with Crippen LogP contribution in [-0.4, -0.2) is 38.0 Å². The molecule has 0 aromatic rings. The molecule has 0 saturated heterocycles. The summed E-state index contributed by atoms with van der Waals surface area (Å²) in [6.45, 7) is 3.02. The summed E-state index contributed by atoms with van der Waals surface area (Å²) >= 11 is 0. The normalized spacial score (nSPS) is 27.2. The largest absolute Gasteiger partial charge is 0.393 e. The van der Waals surface area contributed by atoms with Crippen LogP contribution in [0.3, 0.4) is 0 Å². The van der Waals surface area contributed by atoms with Crippen LogP contribution in [0.2, 0.25) is 0 Å². The minimum atomic E-state index is -0.0136. The molecule has 0 spiro atoms. The van der Waals surface area contributed by atoms with Crippen molar-refractivity contribution in [1.29, 1.82) is 0 Å². The van der Waals surface area contributed by atoms with E-state index in [1.54, 1.807) is 7.11 Å². The van der Waals surface area contributed by atoms with Gasteiger partial charge in [0.05, 0.1) is 6.10 Å². The lowest BCUT2D eigenvalue weighted by atomic mass is 9.82. The molecule has 0 radical (unpaired) electrons. The molecule has 1 rings (SSSR count). The number of aliphatic hydroxyl groups excluding tert-OH is 1. The van der Waals surface area contributed by atoms with Gasteiger partial charge in [-0.25, -0.2) is 0 Å². The van der Waals surface area contributed by atoms with E-state index in [1.807, 2.05) is 0 Å². The average molecular weight is 187 g/mol. The van der Waals surface area contributed by atoms with Crippen molar-refractivity contribution in [3.63, 3.8) is 0 Å². The third kappa shape index (κ3) is 4.60. The van der Waals surface area contributed by atoms with Crippen LogP contribution in [0.5, 0.6) is 0 Å². The summed E-state index contributed by atoms with van der Waals surface area (Å²) in [5.74, 6) is 0.720. The highest BCUT2D eigenvalue weighted by Crippen LogP contribution is 2.25. The van der Waals surface area contributed by atoms with Gasteiger partial charge < -0.3 is 15.2 Å². The van der Waals surface area contributed by atoms with Crippen LogP contribution in [-0.2, 0) is 4.74 Å². The first kappa shape index (κ1) is 11.0. The predicted molar refractivity (Wildman–Crippen MR) is 52.7 cm³/mol. The molecular formula is C10H21NO2. The molecule has 1 aliphatic carbocycles. The molecule has 0 amide bonds. The molecule has 13 heavy (non-hydrogen) atoms. The van der Waals surface area contributed by atoms with Crippen LogP contribution in [0.15, 0.2) is 0 Å². The van der Waals surface area contributed by atoms with Gasteiger partial charge in [0, 0.05) is 13.7 Å². The molecule has 1 aliphatic rings. The maximum Gasteiger partial charge on any atom is 0.0546 e. The van der Waals surface area contributed by atoms with Crippen molar-refractivity contribution in [2.75, 3.05) is 26.8 Å². The third-order valence-corrected chi connectivity index (χ3v) is 2.60. The quantitative estimate of drug-likeness (QED) is 0.579. The van der Waals surface area contributed by atoms with Crippen molar-refractivity contribution in [1.82, 2.24) is 5.32 Å². The van der Waals surface area contributed by atoms with Crippen molar-refractivity contribution in [3.8, 4) is 0 Å². The number of ether oxygens (including phenoxy) is 1. The summed E-state index contributed by atoms with van der Waals surface area (Å²) in [5, 5.41) is 12.4. The highest BCUT2D eigenvalue weighted by Gasteiger charge is 2.26. The first-order valence-electron chi connectivity index (χ1n) is 5.20. The molecule has 78 valence electrons. The van der Waals surface area contributed by atoms with Gasteiger partial charge >= 0.3 is 0 Å². The van der Waals surface area contributed by atoms with Crippen LogP contribution >= 0.6 is 0 Å². The Balaban J connectivity index is 1.74. The molecule has 3 heteroatoms. The Hall–Kier alpha value is -0.120. The molecule has 0 aromatic carbocycles. The van der Waals surface area contributed by atoms with Crippen molar-refractivity contribution < 1.29 is 9.84 Å². The van der Waals surface area contributed by atoms with Crippen LogP contribution in [0.4, 0.5) is 0 Å². The number of hydrogen-bond acceptors (Lipinski definition) is 3. The number of unbranched alkanes of at least 4 members (excludes halogenated alkanes) is 1. The molecule has 1 fully saturated rings. The molecule has 0 aromatic heterocycles. The molecule has 3 nitrogen and oxygen atoms in total. The Morgan fingerprint density at radius 2 is 2.15 bits per heavy atom. The number of rotatable bonds is 7. The van der Waals surface area contributed by atoms with Crippen molar-refractivity contribution in [3.05, 3.63) is 0 Å². The van der Waals surface area contributed by atoms with Gasteiger partial charge in [0.1, 0.15) is 0 Å². The van der Waals surface area contributed by atoms with Crippen LogP contribution in [0.25, 0.3) is 0 Å². The first-order chi connectivity index (χ1) is 6.33. The Bertz CT molecular complexity index is 124. The number of hydrogen-bond donors (Lipinski definition) is 2. The van der Waals surface area contributed by atoms with Gasteiger partial charge in [0.15, 0.2) is 0 Å². The molecule has 2 N–H and O–H groups in total. The third-order valence-electron chi connectivity index (χ3n) is 2.60. The lowest BCUT2D eigenvalue weighted by molar-refractivity contribution is 0.0431. The van der Waals surface area contributed by atoms with Gasteiger partial charge in [-0.2, -0.15) is 0 Å². The second-order valence-electron chi connectivity index (χ2n) is 3.90. The van der Waals surface area contributed by atoms with E-state index in [0.29, 0.717) is 0 Å². The first-order valence-corrected chi connectivity index (χ1v) is 5.20. The van der Waals surface area contributed by atoms with Crippen molar-refractivity contribution in [2.45, 2.75) is 31.8 Å². The van der Waals surface area contributed by atoms with Crippen LogP contribution < -0.4 is 5.32 Å². The average Bonchev–Trinajstić information content (AvgIpc) is 2.07. The second kappa shape index (κ2) is 6.35. The highest BCUT2D eigenvalue weighted by molar-refractivity contribution is 4.79. The Labute approximate surface area is 80.5 Å². The Kier molecular flexibility index (Phi) is 5.35. The molecule has 0 unspecified atom stereocenters. The maximum absolute atomic E-state index is 9.05. The highest BCUT2D eigenvalue weighted by atomic mass is 16.5. The van der Waals surface area contributed by atoms with E-state index in [1.165, 1.54) is 6.42 Å². The van der Waals surface area contributed by atoms with E-state index in [-0.39, 0.29) is 6.10 Å². The van der Waals surface area contributed by atoms with Crippen molar-refractivity contribution in [2.24, 2.45) is 5.92 Å². The summed E-state index contributed by atoms with van der Waals surface area (Å²) in [6, 6.07) is 0. The summed E-state index contributed by atoms with van der Waals surface area (Å²) < 4.78 is 4.96. The minimum absolute atomic E-state index is 0.0136. The van der Waals surface area contributed by atoms with E-state index in [9.17, 15) is 0 Å². The standard InChI is InChI=1S/C10H21NO2/c1-13-5-3-2-4-11-8-9-6-10(12)7-9/h9-12H,2-8H2,1H3. The number of nitrogens with one attached hydrogen (secondary N) is 1. The Morgan fingerprint density at radius 3 is 2.77 bits per heavy atom. The fourth-order valence-electron chi connectivity index (χ4n) is 1.67. The van der Waals surface area contributed by atoms with Gasteiger partial charge in [-0.15, -0.1) is 0 Å². The van der Waals surface area contributed by atoms with Crippen molar-refractivity contribution >= 4 is 0 Å². The molecule has 0 heterocycles. The maximum atomic E-state index is 9.05. The summed E-state index contributed by atoms with van der Waals surface area (Å²) in [5.41, 5.74) is 0. The second-order valence-corrected chi connectivity index (χ2v) is 3.90. The predicted octanol–water partition coefficient (Wildman–Crippen LogP) is 0.773. The minimum Gasteiger partial charge on any atom is -0.393 e. The Morgan fingerprint density at radius 1 is 1.38 bits per heavy atom. The van der Waals surface area contributed by atoms with E-state index in [0.717, 1.165) is 44.9 Å². The van der Waals surface area contributed by atoms with Gasteiger partial charge in [0.25, 0.3) is 0 Å². The molecule has 1 saturated carbocycles. The summed E-state index contributed by atoms with van der Waals surface area (Å²) in [6.07, 6.45) is 4.29. The van der Waals surface area contributed by atoms with Crippen LogP contribution in [0.1, 0.15) is 25.7 Å². The molecule has 0 bridgehead atoms. The SMILES string of the molecule is COCCCCNCC1CC(O)C1. The fraction of sp³-hybridized carbons (Fsp3) is 1.00. The van der Waals surface area contributed by atoms with Gasteiger partial charge in [-0.1, -0.05) is 0 Å². The number of aliphatic hydroxyl groups is 1. The summed E-state index contributed by atoms with van der Waals surface area (Å²) in [4.78, 5) is 0. The zero-order chi connectivity index (χ0) is 9.52. The zero-order valence-corrected chi connectivity index (χ0v) is 8.46. The van der Waals surface area contributed by atoms with E-state index in [2.05, 4.69) is 5.32 Å². The van der Waals surface area contributed by atoms with Gasteiger partial charge in [0.2, 0.25) is 0 Å².